The van der Waals surface area contributed by atoms with Gasteiger partial charge in [0.15, 0.2) is 0 Å². The quantitative estimate of drug-likeness (QED) is 0.697. The Morgan fingerprint density at radius 3 is 2.29 bits per heavy atom. The molecule has 0 aliphatic carbocycles. The van der Waals surface area contributed by atoms with E-state index in [-0.39, 0.29) is 0 Å². The van der Waals surface area contributed by atoms with Crippen molar-refractivity contribution in [1.29, 1.82) is 0 Å². The van der Waals surface area contributed by atoms with Crippen LogP contribution < -0.4 is 5.32 Å². The molecule has 1 aromatic heterocycles. The zero-order chi connectivity index (χ0) is 16.9. The first kappa shape index (κ1) is 16.5. The molecule has 2 aromatic carbocycles. The summed E-state index contributed by atoms with van der Waals surface area (Å²) in [5.41, 5.74) is 4.46. The molecule has 0 aliphatic heterocycles. The minimum atomic E-state index is -0.447. The molecule has 0 bridgehead atoms. The second-order valence-electron chi connectivity index (χ2n) is 6.15. The second-order valence-corrected chi connectivity index (χ2v) is 6.15. The summed E-state index contributed by atoms with van der Waals surface area (Å²) in [6.45, 7) is 5.37. The number of aliphatic hydroxyl groups excluding tert-OH is 1. The lowest BCUT2D eigenvalue weighted by atomic mass is 10.1. The fourth-order valence-corrected chi connectivity index (χ4v) is 2.59. The number of aryl methyl sites for hydroxylation is 1. The molecule has 0 saturated carbocycles. The fraction of sp³-hybridized carbons (Fsp3) is 0.238. The fourth-order valence-electron chi connectivity index (χ4n) is 2.59. The van der Waals surface area contributed by atoms with Crippen LogP contribution in [0.15, 0.2) is 65.1 Å². The topological polar surface area (TPSA) is 45.4 Å². The molecule has 1 atom stereocenters. The van der Waals surface area contributed by atoms with Crippen molar-refractivity contribution in [3.63, 3.8) is 0 Å². The third-order valence-electron chi connectivity index (χ3n) is 4.09. The summed E-state index contributed by atoms with van der Waals surface area (Å²) in [4.78, 5) is 0. The van der Waals surface area contributed by atoms with E-state index < -0.39 is 6.10 Å². The van der Waals surface area contributed by atoms with Gasteiger partial charge in [-0.05, 0) is 37.1 Å². The van der Waals surface area contributed by atoms with Gasteiger partial charge >= 0.3 is 0 Å². The average Bonchev–Trinajstić information content (AvgIpc) is 3.06. The normalized spacial score (nSPS) is 12.3. The van der Waals surface area contributed by atoms with Crippen molar-refractivity contribution in [2.24, 2.45) is 0 Å². The summed E-state index contributed by atoms with van der Waals surface area (Å²) in [5, 5.41) is 13.0. The van der Waals surface area contributed by atoms with E-state index in [2.05, 4.69) is 36.5 Å². The van der Waals surface area contributed by atoms with E-state index in [0.717, 1.165) is 29.2 Å². The second kappa shape index (κ2) is 7.47. The lowest BCUT2D eigenvalue weighted by Gasteiger charge is -2.05. The molecule has 0 amide bonds. The maximum Gasteiger partial charge on any atom is 0.134 e. The minimum absolute atomic E-state index is 0.447. The Morgan fingerprint density at radius 1 is 0.917 bits per heavy atom. The summed E-state index contributed by atoms with van der Waals surface area (Å²) in [7, 11) is 0. The molecule has 0 fully saturated rings. The molecule has 0 spiro atoms. The van der Waals surface area contributed by atoms with Crippen molar-refractivity contribution >= 4 is 0 Å². The van der Waals surface area contributed by atoms with E-state index in [9.17, 15) is 5.11 Å². The molecular formula is C21H23NO2. The number of rotatable bonds is 6. The van der Waals surface area contributed by atoms with Crippen LogP contribution in [0.1, 0.15) is 35.5 Å². The smallest absolute Gasteiger partial charge is 0.134 e. The predicted molar refractivity (Wildman–Crippen MR) is 96.5 cm³/mol. The lowest BCUT2D eigenvalue weighted by Crippen LogP contribution is -2.11. The largest absolute Gasteiger partial charge is 0.460 e. The number of benzene rings is 2. The summed E-state index contributed by atoms with van der Waals surface area (Å²) in [6.07, 6.45) is -0.447. The Labute approximate surface area is 143 Å². The number of hydrogen-bond acceptors (Lipinski definition) is 3. The van der Waals surface area contributed by atoms with Crippen LogP contribution in [0.4, 0.5) is 0 Å². The summed E-state index contributed by atoms with van der Waals surface area (Å²) in [6, 6.07) is 20.3. The average molecular weight is 321 g/mol. The van der Waals surface area contributed by atoms with E-state index in [1.807, 2.05) is 36.4 Å². The Kier molecular flexibility index (Phi) is 5.14. The van der Waals surface area contributed by atoms with Crippen molar-refractivity contribution in [3.8, 4) is 11.3 Å². The Balaban J connectivity index is 1.58. The third-order valence-corrected chi connectivity index (χ3v) is 4.09. The van der Waals surface area contributed by atoms with Crippen molar-refractivity contribution in [2.75, 3.05) is 0 Å². The highest BCUT2D eigenvalue weighted by Crippen LogP contribution is 2.24. The first-order valence-electron chi connectivity index (χ1n) is 8.25. The lowest BCUT2D eigenvalue weighted by molar-refractivity contribution is 0.199. The molecule has 0 radical (unpaired) electrons. The van der Waals surface area contributed by atoms with Gasteiger partial charge in [0.2, 0.25) is 0 Å². The van der Waals surface area contributed by atoms with Crippen LogP contribution in [0.2, 0.25) is 0 Å². The number of aliphatic hydroxyl groups is 1. The van der Waals surface area contributed by atoms with Crippen LogP contribution in [0.25, 0.3) is 11.3 Å². The maximum absolute atomic E-state index is 9.56. The number of furan rings is 1. The van der Waals surface area contributed by atoms with Crippen molar-refractivity contribution in [1.82, 2.24) is 5.32 Å². The first-order valence-corrected chi connectivity index (χ1v) is 8.25. The highest BCUT2D eigenvalue weighted by atomic mass is 16.3. The summed E-state index contributed by atoms with van der Waals surface area (Å²) in [5.74, 6) is 1.76. The molecule has 3 rings (SSSR count). The Morgan fingerprint density at radius 2 is 1.62 bits per heavy atom. The van der Waals surface area contributed by atoms with Gasteiger partial charge in [-0.2, -0.15) is 0 Å². The molecule has 3 aromatic rings. The van der Waals surface area contributed by atoms with Gasteiger partial charge in [-0.15, -0.1) is 0 Å². The minimum Gasteiger partial charge on any atom is -0.460 e. The van der Waals surface area contributed by atoms with Crippen LogP contribution in [-0.2, 0) is 13.1 Å². The van der Waals surface area contributed by atoms with Gasteiger partial charge in [-0.1, -0.05) is 54.1 Å². The van der Waals surface area contributed by atoms with Gasteiger partial charge in [0, 0.05) is 12.1 Å². The standard InChI is InChI=1S/C21H23NO2/c1-15-3-5-17(6-4-15)13-22-14-20-11-12-21(24-20)19-9-7-18(8-10-19)16(2)23/h3-12,16,22-23H,13-14H2,1-2H3/t16-/m0/s1. The van der Waals surface area contributed by atoms with Crippen molar-refractivity contribution in [2.45, 2.75) is 33.0 Å². The van der Waals surface area contributed by atoms with Crippen molar-refractivity contribution in [3.05, 3.63) is 83.1 Å². The van der Waals surface area contributed by atoms with Gasteiger partial charge in [-0.3, -0.25) is 0 Å². The Hall–Kier alpha value is -2.36. The maximum atomic E-state index is 9.56. The van der Waals surface area contributed by atoms with Gasteiger partial charge < -0.3 is 14.8 Å². The van der Waals surface area contributed by atoms with E-state index in [4.69, 9.17) is 4.42 Å². The SMILES string of the molecule is Cc1ccc(CNCc2ccc(-c3ccc([C@H](C)O)cc3)o2)cc1. The molecule has 24 heavy (non-hydrogen) atoms. The van der Waals surface area contributed by atoms with Gasteiger partial charge in [0.25, 0.3) is 0 Å². The van der Waals surface area contributed by atoms with Gasteiger partial charge in [-0.25, -0.2) is 0 Å². The van der Waals surface area contributed by atoms with E-state index in [1.165, 1.54) is 11.1 Å². The van der Waals surface area contributed by atoms with Crippen LogP contribution in [-0.4, -0.2) is 5.11 Å². The van der Waals surface area contributed by atoms with Crippen LogP contribution in [0.5, 0.6) is 0 Å². The van der Waals surface area contributed by atoms with Gasteiger partial charge in [0.1, 0.15) is 11.5 Å². The number of hydrogen-bond donors (Lipinski definition) is 2. The van der Waals surface area contributed by atoms with Gasteiger partial charge in [0.05, 0.1) is 12.6 Å². The molecule has 2 N–H and O–H groups in total. The highest BCUT2D eigenvalue weighted by molar-refractivity contribution is 5.58. The molecule has 3 heteroatoms. The zero-order valence-corrected chi connectivity index (χ0v) is 14.1. The molecule has 0 saturated heterocycles. The molecule has 1 heterocycles. The first-order chi connectivity index (χ1) is 11.6. The predicted octanol–water partition coefficient (Wildman–Crippen LogP) is 4.60. The molecular weight excluding hydrogens is 298 g/mol. The zero-order valence-electron chi connectivity index (χ0n) is 14.1. The monoisotopic (exact) mass is 321 g/mol. The molecule has 0 unspecified atom stereocenters. The molecule has 124 valence electrons. The third kappa shape index (κ3) is 4.13. The van der Waals surface area contributed by atoms with E-state index >= 15 is 0 Å². The van der Waals surface area contributed by atoms with Crippen LogP contribution in [0.3, 0.4) is 0 Å². The van der Waals surface area contributed by atoms with E-state index in [1.54, 1.807) is 6.92 Å². The number of nitrogens with one attached hydrogen (secondary N) is 1. The molecule has 0 aliphatic rings. The van der Waals surface area contributed by atoms with Crippen LogP contribution >= 0.6 is 0 Å². The Bertz CT molecular complexity index is 770. The summed E-state index contributed by atoms with van der Waals surface area (Å²) < 4.78 is 5.90. The van der Waals surface area contributed by atoms with Crippen molar-refractivity contribution < 1.29 is 9.52 Å². The highest BCUT2D eigenvalue weighted by Gasteiger charge is 2.06. The van der Waals surface area contributed by atoms with E-state index in [0.29, 0.717) is 6.54 Å². The molecule has 3 nitrogen and oxygen atoms in total. The summed E-state index contributed by atoms with van der Waals surface area (Å²) >= 11 is 0. The van der Waals surface area contributed by atoms with Crippen LogP contribution in [0, 0.1) is 6.92 Å².